The lowest BCUT2D eigenvalue weighted by atomic mass is 10.1. The van der Waals surface area contributed by atoms with E-state index in [1.54, 1.807) is 23.8 Å². The Bertz CT molecular complexity index is 1100. The lowest BCUT2D eigenvalue weighted by molar-refractivity contribution is -0.119. The zero-order chi connectivity index (χ0) is 21.1. The molecule has 6 nitrogen and oxygen atoms in total. The predicted molar refractivity (Wildman–Crippen MR) is 116 cm³/mol. The Hall–Kier alpha value is -2.86. The van der Waals surface area contributed by atoms with Gasteiger partial charge in [-0.1, -0.05) is 29.8 Å². The minimum Gasteiger partial charge on any atom is -0.496 e. The molecule has 0 radical (unpaired) electrons. The van der Waals surface area contributed by atoms with Crippen LogP contribution in [0, 0.1) is 0 Å². The number of ketones is 1. The average molecular weight is 426 g/mol. The molecule has 0 aliphatic heterocycles. The van der Waals surface area contributed by atoms with E-state index in [1.807, 2.05) is 36.4 Å². The monoisotopic (exact) mass is 425 g/mol. The van der Waals surface area contributed by atoms with E-state index in [0.717, 1.165) is 36.1 Å². The molecular weight excluding hydrogens is 402 g/mol. The number of nitrogens with zero attached hydrogens (tertiary/aromatic N) is 3. The van der Waals surface area contributed by atoms with Crippen LogP contribution in [0.5, 0.6) is 5.75 Å². The Labute approximate surface area is 180 Å². The number of benzene rings is 2. The Morgan fingerprint density at radius 2 is 1.90 bits per heavy atom. The lowest BCUT2D eigenvalue weighted by Crippen LogP contribution is -2.27. The minimum absolute atomic E-state index is 0.00454. The van der Waals surface area contributed by atoms with Crippen LogP contribution in [0.3, 0.4) is 0 Å². The van der Waals surface area contributed by atoms with Gasteiger partial charge in [-0.25, -0.2) is 9.48 Å². The van der Waals surface area contributed by atoms with Gasteiger partial charge in [0.15, 0.2) is 11.6 Å². The zero-order valence-corrected chi connectivity index (χ0v) is 17.6. The van der Waals surface area contributed by atoms with Crippen molar-refractivity contribution in [3.8, 4) is 17.1 Å². The Morgan fingerprint density at radius 3 is 2.60 bits per heavy atom. The molecule has 0 atom stereocenters. The highest BCUT2D eigenvalue weighted by atomic mass is 35.5. The van der Waals surface area contributed by atoms with Gasteiger partial charge in [0.25, 0.3) is 0 Å². The number of carbonyl (C=O) groups excluding carboxylic acids is 1. The van der Waals surface area contributed by atoms with Crippen molar-refractivity contribution in [2.24, 2.45) is 0 Å². The average Bonchev–Trinajstić information content (AvgIpc) is 3.53. The maximum atomic E-state index is 12.9. The molecule has 0 bridgehead atoms. The van der Waals surface area contributed by atoms with Gasteiger partial charge in [-0.15, -0.1) is 5.10 Å². The number of ether oxygens (including phenoxy) is 1. The van der Waals surface area contributed by atoms with E-state index >= 15 is 0 Å². The molecule has 0 saturated heterocycles. The van der Waals surface area contributed by atoms with Crippen LogP contribution in [-0.2, 0) is 17.8 Å². The van der Waals surface area contributed by atoms with Gasteiger partial charge < -0.3 is 4.74 Å². The first-order chi connectivity index (χ1) is 14.6. The lowest BCUT2D eigenvalue weighted by Gasteiger charge is -2.07. The number of hydrogen-bond acceptors (Lipinski definition) is 4. The number of aryl methyl sites for hydroxylation is 1. The second-order valence-corrected chi connectivity index (χ2v) is 8.01. The van der Waals surface area contributed by atoms with E-state index in [2.05, 4.69) is 5.10 Å². The van der Waals surface area contributed by atoms with Crippen molar-refractivity contribution in [1.82, 2.24) is 14.3 Å². The first kappa shape index (κ1) is 20.4. The summed E-state index contributed by atoms with van der Waals surface area (Å²) < 4.78 is 8.37. The maximum absolute atomic E-state index is 12.9. The van der Waals surface area contributed by atoms with Crippen LogP contribution in [0.2, 0.25) is 5.02 Å². The van der Waals surface area contributed by atoms with Crippen LogP contribution in [0.25, 0.3) is 11.4 Å². The van der Waals surface area contributed by atoms with Crippen LogP contribution >= 0.6 is 11.6 Å². The summed E-state index contributed by atoms with van der Waals surface area (Å²) in [5.74, 6) is 1.42. The molecule has 1 saturated carbocycles. The molecule has 2 aromatic carbocycles. The predicted octanol–water partition coefficient (Wildman–Crippen LogP) is 4.30. The molecule has 0 N–H and O–H groups in total. The number of aromatic nitrogens is 3. The fourth-order valence-electron chi connectivity index (χ4n) is 3.61. The summed E-state index contributed by atoms with van der Waals surface area (Å²) in [6, 6.07) is 15.2. The van der Waals surface area contributed by atoms with Crippen LogP contribution < -0.4 is 10.4 Å². The van der Waals surface area contributed by atoms with Gasteiger partial charge in [-0.2, -0.15) is 0 Å². The molecule has 0 spiro atoms. The van der Waals surface area contributed by atoms with Gasteiger partial charge in [-0.05, 0) is 61.6 Å². The Balaban J connectivity index is 1.45. The summed E-state index contributed by atoms with van der Waals surface area (Å²) in [5.41, 5.74) is 1.68. The number of Topliss-reactive ketones (excluding diaryl/α,β-unsaturated/α-hetero) is 1. The Morgan fingerprint density at radius 1 is 1.17 bits per heavy atom. The highest BCUT2D eigenvalue weighted by Crippen LogP contribution is 2.36. The van der Waals surface area contributed by atoms with Crippen LogP contribution in [0.15, 0.2) is 53.3 Å². The third-order valence-electron chi connectivity index (χ3n) is 5.31. The minimum atomic E-state index is -0.222. The molecule has 7 heteroatoms. The number of halogens is 1. The normalized spacial score (nSPS) is 13.4. The molecule has 1 aliphatic rings. The van der Waals surface area contributed by atoms with Crippen molar-refractivity contribution in [2.75, 3.05) is 7.11 Å². The van der Waals surface area contributed by atoms with E-state index in [1.165, 1.54) is 4.68 Å². The largest absolute Gasteiger partial charge is 0.496 e. The third-order valence-corrected chi connectivity index (χ3v) is 5.56. The first-order valence-corrected chi connectivity index (χ1v) is 10.5. The van der Waals surface area contributed by atoms with Crippen molar-refractivity contribution in [3.63, 3.8) is 0 Å². The maximum Gasteiger partial charge on any atom is 0.346 e. The topological polar surface area (TPSA) is 66.1 Å². The van der Waals surface area contributed by atoms with E-state index in [0.29, 0.717) is 23.7 Å². The van der Waals surface area contributed by atoms with Crippen molar-refractivity contribution < 1.29 is 9.53 Å². The summed E-state index contributed by atoms with van der Waals surface area (Å²) >= 11 is 5.98. The van der Waals surface area contributed by atoms with E-state index in [-0.39, 0.29) is 24.1 Å². The smallest absolute Gasteiger partial charge is 0.346 e. The second-order valence-electron chi connectivity index (χ2n) is 7.58. The van der Waals surface area contributed by atoms with Gasteiger partial charge in [-0.3, -0.25) is 9.36 Å². The summed E-state index contributed by atoms with van der Waals surface area (Å²) in [6.07, 6.45) is 3.74. The molecule has 0 unspecified atom stereocenters. The zero-order valence-electron chi connectivity index (χ0n) is 16.9. The number of carbonyl (C=O) groups is 1. The fourth-order valence-corrected chi connectivity index (χ4v) is 3.74. The summed E-state index contributed by atoms with van der Waals surface area (Å²) in [6.45, 7) is -0.00886. The molecule has 1 fully saturated rings. The molecular formula is C23H24ClN3O3. The summed E-state index contributed by atoms with van der Waals surface area (Å²) in [5, 5.41) is 5.12. The molecule has 156 valence electrons. The fraction of sp³-hybridized carbons (Fsp3) is 0.348. The van der Waals surface area contributed by atoms with Crippen LogP contribution in [0.1, 0.15) is 37.3 Å². The molecule has 3 aromatic rings. The summed E-state index contributed by atoms with van der Waals surface area (Å²) in [7, 11) is 1.64. The van der Waals surface area contributed by atoms with Crippen molar-refractivity contribution in [3.05, 3.63) is 69.6 Å². The summed E-state index contributed by atoms with van der Waals surface area (Å²) in [4.78, 5) is 25.4. The standard InChI is InChI=1S/C23H24ClN3O3/c1-30-21-8-3-2-5-16(21)6-4-7-20(28)15-26-23(29)27(19-13-14-19)22(25-26)17-9-11-18(24)12-10-17/h2-3,5,8-12,19H,4,6-7,13-15H2,1H3. The first-order valence-electron chi connectivity index (χ1n) is 10.2. The quantitative estimate of drug-likeness (QED) is 0.512. The highest BCUT2D eigenvalue weighted by molar-refractivity contribution is 6.30. The number of methoxy groups -OCH3 is 1. The van der Waals surface area contributed by atoms with Gasteiger partial charge in [0.05, 0.1) is 7.11 Å². The third kappa shape index (κ3) is 4.49. The van der Waals surface area contributed by atoms with Crippen molar-refractivity contribution in [2.45, 2.75) is 44.7 Å². The molecule has 1 aromatic heterocycles. The van der Waals surface area contributed by atoms with E-state index in [4.69, 9.17) is 16.3 Å². The van der Waals surface area contributed by atoms with Crippen molar-refractivity contribution in [1.29, 1.82) is 0 Å². The van der Waals surface area contributed by atoms with Gasteiger partial charge in [0, 0.05) is 23.0 Å². The number of hydrogen-bond donors (Lipinski definition) is 0. The molecule has 1 heterocycles. The van der Waals surface area contributed by atoms with Crippen molar-refractivity contribution >= 4 is 17.4 Å². The molecule has 4 rings (SSSR count). The highest BCUT2D eigenvalue weighted by Gasteiger charge is 2.30. The van der Waals surface area contributed by atoms with Gasteiger partial charge >= 0.3 is 5.69 Å². The van der Waals surface area contributed by atoms with Crippen LogP contribution in [0.4, 0.5) is 0 Å². The van der Waals surface area contributed by atoms with Gasteiger partial charge in [0.2, 0.25) is 0 Å². The molecule has 1 aliphatic carbocycles. The SMILES string of the molecule is COc1ccccc1CCCC(=O)Cn1nc(-c2ccc(Cl)cc2)n(C2CC2)c1=O. The van der Waals surface area contributed by atoms with Gasteiger partial charge in [0.1, 0.15) is 12.3 Å². The van der Waals surface area contributed by atoms with E-state index in [9.17, 15) is 9.59 Å². The second kappa shape index (κ2) is 8.88. The molecule has 30 heavy (non-hydrogen) atoms. The van der Waals surface area contributed by atoms with E-state index < -0.39 is 0 Å². The number of para-hydroxylation sites is 1. The number of rotatable bonds is 9. The molecule has 0 amide bonds. The Kier molecular flexibility index (Phi) is 6.04. The van der Waals surface area contributed by atoms with Crippen LogP contribution in [-0.4, -0.2) is 27.2 Å².